The van der Waals surface area contributed by atoms with Crippen LogP contribution in [0.5, 0.6) is 0 Å². The Morgan fingerprint density at radius 1 is 1.26 bits per heavy atom. The Balaban J connectivity index is 2.49. The van der Waals surface area contributed by atoms with Gasteiger partial charge in [0.25, 0.3) is 0 Å². The number of allylic oxidation sites excluding steroid dienone is 1. The molecule has 3 nitrogen and oxygen atoms in total. The van der Waals surface area contributed by atoms with E-state index in [4.69, 9.17) is 5.26 Å². The van der Waals surface area contributed by atoms with Crippen molar-refractivity contribution >= 4 is 27.3 Å². The maximum atomic E-state index is 12.8. The van der Waals surface area contributed by atoms with Gasteiger partial charge in [0.15, 0.2) is 0 Å². The number of sulfone groups is 1. The van der Waals surface area contributed by atoms with E-state index in [0.29, 0.717) is 5.56 Å². The zero-order valence-corrected chi connectivity index (χ0v) is 11.2. The monoisotopic (exact) mass is 293 g/mol. The van der Waals surface area contributed by atoms with Crippen LogP contribution in [0.3, 0.4) is 0 Å². The first-order chi connectivity index (χ1) is 9.04. The highest BCUT2D eigenvalue weighted by Crippen LogP contribution is 2.22. The number of nitrogens with zero attached hydrogens (tertiary/aromatic N) is 1. The lowest BCUT2D eigenvalue weighted by molar-refractivity contribution is 0.601. The molecule has 0 unspecified atom stereocenters. The minimum Gasteiger partial charge on any atom is -0.218 e. The summed E-state index contributed by atoms with van der Waals surface area (Å²) in [5.74, 6) is -0.528. The number of benzene rings is 1. The molecule has 2 rings (SSSR count). The van der Waals surface area contributed by atoms with Crippen molar-refractivity contribution in [3.63, 3.8) is 0 Å². The van der Waals surface area contributed by atoms with Gasteiger partial charge in [-0.1, -0.05) is 0 Å². The van der Waals surface area contributed by atoms with Gasteiger partial charge >= 0.3 is 0 Å². The van der Waals surface area contributed by atoms with Gasteiger partial charge < -0.3 is 0 Å². The van der Waals surface area contributed by atoms with Crippen molar-refractivity contribution in [1.29, 1.82) is 5.26 Å². The predicted octanol–water partition coefficient (Wildman–Crippen LogP) is 3.23. The Hall–Kier alpha value is -1.97. The van der Waals surface area contributed by atoms with Crippen molar-refractivity contribution in [2.24, 2.45) is 0 Å². The fourth-order valence-corrected chi connectivity index (χ4v) is 3.20. The van der Waals surface area contributed by atoms with Crippen molar-refractivity contribution in [3.8, 4) is 6.07 Å². The second-order valence-corrected chi connectivity index (χ2v) is 6.33. The maximum absolute atomic E-state index is 12.8. The number of rotatable bonds is 3. The maximum Gasteiger partial charge on any atom is 0.216 e. The molecule has 6 heteroatoms. The molecular formula is C13H8FNO2S2. The number of hydrogen-bond acceptors (Lipinski definition) is 4. The van der Waals surface area contributed by atoms with Crippen LogP contribution in [-0.2, 0) is 9.84 Å². The first-order valence-corrected chi connectivity index (χ1v) is 7.61. The van der Waals surface area contributed by atoms with Gasteiger partial charge in [-0.3, -0.25) is 0 Å². The summed E-state index contributed by atoms with van der Waals surface area (Å²) < 4.78 is 37.2. The minimum atomic E-state index is -3.91. The van der Waals surface area contributed by atoms with Crippen LogP contribution in [0, 0.1) is 17.1 Å². The first kappa shape index (κ1) is 13.5. The third-order valence-electron chi connectivity index (χ3n) is 2.36. The van der Waals surface area contributed by atoms with E-state index in [0.717, 1.165) is 24.3 Å². The van der Waals surface area contributed by atoms with Crippen molar-refractivity contribution in [2.75, 3.05) is 0 Å². The third-order valence-corrected chi connectivity index (χ3v) is 4.75. The van der Waals surface area contributed by atoms with Crippen molar-refractivity contribution < 1.29 is 12.8 Å². The van der Waals surface area contributed by atoms with E-state index in [-0.39, 0.29) is 9.80 Å². The Morgan fingerprint density at radius 3 is 2.47 bits per heavy atom. The molecule has 0 aliphatic rings. The Kier molecular flexibility index (Phi) is 3.79. The van der Waals surface area contributed by atoms with Crippen LogP contribution in [0.25, 0.3) is 6.08 Å². The SMILES string of the molecule is N#CC(=Cc1ccsc1)S(=O)(=O)c1ccc(F)cc1. The quantitative estimate of drug-likeness (QED) is 0.645. The number of hydrogen-bond donors (Lipinski definition) is 0. The van der Waals surface area contributed by atoms with E-state index in [1.807, 2.05) is 0 Å². The van der Waals surface area contributed by atoms with Crippen LogP contribution in [0.4, 0.5) is 4.39 Å². The summed E-state index contributed by atoms with van der Waals surface area (Å²) in [7, 11) is -3.91. The van der Waals surface area contributed by atoms with Crippen LogP contribution in [-0.4, -0.2) is 8.42 Å². The van der Waals surface area contributed by atoms with Crippen LogP contribution in [0.15, 0.2) is 50.9 Å². The molecule has 0 amide bonds. The molecule has 1 aromatic heterocycles. The molecule has 0 aliphatic heterocycles. The van der Waals surface area contributed by atoms with E-state index in [9.17, 15) is 12.8 Å². The summed E-state index contributed by atoms with van der Waals surface area (Å²) in [6.45, 7) is 0. The fraction of sp³-hybridized carbons (Fsp3) is 0. The smallest absolute Gasteiger partial charge is 0.216 e. The van der Waals surface area contributed by atoms with Crippen molar-refractivity contribution in [1.82, 2.24) is 0 Å². The third kappa shape index (κ3) is 2.89. The molecule has 0 saturated heterocycles. The van der Waals surface area contributed by atoms with Crippen LogP contribution in [0.2, 0.25) is 0 Å². The molecule has 19 heavy (non-hydrogen) atoms. The number of thiophene rings is 1. The normalized spacial score (nSPS) is 12.1. The number of nitriles is 1. The second kappa shape index (κ2) is 5.34. The summed E-state index contributed by atoms with van der Waals surface area (Å²) in [4.78, 5) is -0.463. The lowest BCUT2D eigenvalue weighted by Gasteiger charge is -2.02. The summed E-state index contributed by atoms with van der Waals surface area (Å²) in [5, 5.41) is 12.5. The summed E-state index contributed by atoms with van der Waals surface area (Å²) >= 11 is 1.40. The first-order valence-electron chi connectivity index (χ1n) is 5.18. The average molecular weight is 293 g/mol. The van der Waals surface area contributed by atoms with Gasteiger partial charge in [0.1, 0.15) is 16.8 Å². The van der Waals surface area contributed by atoms with Crippen molar-refractivity contribution in [3.05, 3.63) is 57.4 Å². The topological polar surface area (TPSA) is 57.9 Å². The summed E-state index contributed by atoms with van der Waals surface area (Å²) in [6.07, 6.45) is 1.30. The molecule has 1 heterocycles. The molecule has 0 aliphatic carbocycles. The zero-order chi connectivity index (χ0) is 13.9. The van der Waals surface area contributed by atoms with E-state index in [1.165, 1.54) is 17.4 Å². The molecule has 2 aromatic rings. The highest BCUT2D eigenvalue weighted by atomic mass is 32.2. The predicted molar refractivity (Wildman–Crippen MR) is 71.5 cm³/mol. The minimum absolute atomic E-state index is 0.100. The molecule has 0 bridgehead atoms. The highest BCUT2D eigenvalue weighted by Gasteiger charge is 2.20. The summed E-state index contributed by atoms with van der Waals surface area (Å²) in [5.41, 5.74) is 0.646. The molecule has 0 N–H and O–H groups in total. The Bertz CT molecular complexity index is 739. The van der Waals surface area contributed by atoms with Crippen LogP contribution >= 0.6 is 11.3 Å². The van der Waals surface area contributed by atoms with E-state index in [2.05, 4.69) is 0 Å². The van der Waals surface area contributed by atoms with Gasteiger partial charge in [-0.25, -0.2) is 12.8 Å². The molecule has 0 spiro atoms. The van der Waals surface area contributed by atoms with E-state index in [1.54, 1.807) is 22.9 Å². The lowest BCUT2D eigenvalue weighted by atomic mass is 10.3. The Morgan fingerprint density at radius 2 is 1.95 bits per heavy atom. The second-order valence-electron chi connectivity index (χ2n) is 3.63. The average Bonchev–Trinajstić information content (AvgIpc) is 2.89. The molecule has 0 fully saturated rings. The standard InChI is InChI=1S/C13H8FNO2S2/c14-11-1-3-12(4-2-11)19(16,17)13(8-15)7-10-5-6-18-9-10/h1-7,9H. The molecule has 96 valence electrons. The highest BCUT2D eigenvalue weighted by molar-refractivity contribution is 7.95. The molecule has 1 aromatic carbocycles. The molecule has 0 radical (unpaired) electrons. The van der Waals surface area contributed by atoms with Crippen LogP contribution in [0.1, 0.15) is 5.56 Å². The van der Waals surface area contributed by atoms with E-state index < -0.39 is 15.7 Å². The van der Waals surface area contributed by atoms with Crippen LogP contribution < -0.4 is 0 Å². The number of halogens is 1. The largest absolute Gasteiger partial charge is 0.218 e. The van der Waals surface area contributed by atoms with Crippen molar-refractivity contribution in [2.45, 2.75) is 4.90 Å². The van der Waals surface area contributed by atoms with Gasteiger partial charge in [-0.05, 0) is 52.7 Å². The summed E-state index contributed by atoms with van der Waals surface area (Å²) in [6, 6.07) is 7.77. The van der Waals surface area contributed by atoms with Gasteiger partial charge in [-0.15, -0.1) is 0 Å². The zero-order valence-electron chi connectivity index (χ0n) is 9.58. The molecule has 0 atom stereocenters. The fourth-order valence-electron chi connectivity index (χ4n) is 1.42. The van der Waals surface area contributed by atoms with E-state index >= 15 is 0 Å². The molecular weight excluding hydrogens is 285 g/mol. The molecule has 0 saturated carbocycles. The van der Waals surface area contributed by atoms with Gasteiger partial charge in [0.05, 0.1) is 4.90 Å². The van der Waals surface area contributed by atoms with Gasteiger partial charge in [-0.2, -0.15) is 16.6 Å². The van der Waals surface area contributed by atoms with Gasteiger partial charge in [0, 0.05) is 0 Å². The van der Waals surface area contributed by atoms with Gasteiger partial charge in [0.2, 0.25) is 9.84 Å². The Labute approximate surface area is 114 Å². The lowest BCUT2D eigenvalue weighted by Crippen LogP contribution is -2.03.